The van der Waals surface area contributed by atoms with Crippen LogP contribution in [0.4, 0.5) is 10.1 Å². The highest BCUT2D eigenvalue weighted by atomic mass is 79.9. The number of carbonyl (C=O) groups excluding carboxylic acids is 1. The molecule has 1 aromatic carbocycles. The van der Waals surface area contributed by atoms with Crippen molar-refractivity contribution in [1.82, 2.24) is 9.88 Å². The molecule has 8 heteroatoms. The predicted octanol–water partition coefficient (Wildman–Crippen LogP) is 2.46. The Kier molecular flexibility index (Phi) is 6.15. The number of hydrogen-bond acceptors (Lipinski definition) is 3. The molecule has 0 atom stereocenters. The molecule has 0 aliphatic carbocycles. The van der Waals surface area contributed by atoms with Gasteiger partial charge in [-0.1, -0.05) is 6.07 Å². The van der Waals surface area contributed by atoms with Gasteiger partial charge in [-0.3, -0.25) is 9.59 Å². The SMILES string of the molecule is Cl.O=C(Cn1cc(Br)ccc1=O)Nc1ccc2c(c1F)CCNC2. The summed E-state index contributed by atoms with van der Waals surface area (Å²) in [6.07, 6.45) is 2.12. The van der Waals surface area contributed by atoms with Gasteiger partial charge in [-0.05, 0) is 52.2 Å². The number of nitrogens with one attached hydrogen (secondary N) is 2. The summed E-state index contributed by atoms with van der Waals surface area (Å²) in [6.45, 7) is 1.18. The lowest BCUT2D eigenvalue weighted by atomic mass is 9.99. The molecule has 0 saturated heterocycles. The second-order valence-electron chi connectivity index (χ2n) is 5.35. The first-order valence-electron chi connectivity index (χ1n) is 7.21. The molecule has 0 radical (unpaired) electrons. The smallest absolute Gasteiger partial charge is 0.251 e. The van der Waals surface area contributed by atoms with E-state index in [9.17, 15) is 14.0 Å². The first-order chi connectivity index (χ1) is 11.0. The number of benzene rings is 1. The summed E-state index contributed by atoms with van der Waals surface area (Å²) in [5, 5.41) is 5.72. The van der Waals surface area contributed by atoms with Crippen molar-refractivity contribution in [3.63, 3.8) is 0 Å². The van der Waals surface area contributed by atoms with Crippen molar-refractivity contribution < 1.29 is 9.18 Å². The molecule has 1 aliphatic rings. The van der Waals surface area contributed by atoms with E-state index in [0.717, 1.165) is 12.1 Å². The van der Waals surface area contributed by atoms with Crippen LogP contribution in [0.15, 0.2) is 39.7 Å². The molecule has 0 unspecified atom stereocenters. The van der Waals surface area contributed by atoms with Crippen LogP contribution < -0.4 is 16.2 Å². The second kappa shape index (κ2) is 7.92. The monoisotopic (exact) mass is 415 g/mol. The summed E-state index contributed by atoms with van der Waals surface area (Å²) in [7, 11) is 0. The van der Waals surface area contributed by atoms with Crippen LogP contribution in [0.5, 0.6) is 0 Å². The number of halogens is 3. The molecule has 1 aromatic heterocycles. The third-order valence-corrected chi connectivity index (χ3v) is 4.21. The van der Waals surface area contributed by atoms with Gasteiger partial charge in [0.2, 0.25) is 5.91 Å². The largest absolute Gasteiger partial charge is 0.322 e. The maximum absolute atomic E-state index is 14.5. The molecular formula is C16H16BrClFN3O2. The van der Waals surface area contributed by atoms with Crippen molar-refractivity contribution in [3.05, 3.63) is 62.2 Å². The number of fused-ring (bicyclic) bond motifs is 1. The molecule has 3 rings (SSSR count). The summed E-state index contributed by atoms with van der Waals surface area (Å²) >= 11 is 3.25. The Morgan fingerprint density at radius 1 is 1.33 bits per heavy atom. The molecule has 128 valence electrons. The van der Waals surface area contributed by atoms with Gasteiger partial charge in [0.25, 0.3) is 5.56 Å². The van der Waals surface area contributed by atoms with Gasteiger partial charge in [0.05, 0.1) is 5.69 Å². The standard InChI is InChI=1S/C16H15BrFN3O2.ClH/c17-11-2-4-15(23)21(8-11)9-14(22)20-13-3-1-10-7-19-6-5-12(10)16(13)18;/h1-4,8,19H,5-7,9H2,(H,20,22);1H. The highest BCUT2D eigenvalue weighted by Crippen LogP contribution is 2.24. The van der Waals surface area contributed by atoms with E-state index in [1.54, 1.807) is 12.1 Å². The number of hydrogen-bond donors (Lipinski definition) is 2. The normalized spacial score (nSPS) is 12.9. The summed E-state index contributed by atoms with van der Waals surface area (Å²) in [4.78, 5) is 23.8. The number of carbonyl (C=O) groups is 1. The van der Waals surface area contributed by atoms with Crippen LogP contribution in [-0.4, -0.2) is 17.0 Å². The average Bonchev–Trinajstić information content (AvgIpc) is 2.54. The fourth-order valence-corrected chi connectivity index (χ4v) is 2.98. The zero-order valence-corrected chi connectivity index (χ0v) is 15.0. The molecule has 2 heterocycles. The van der Waals surface area contributed by atoms with E-state index in [4.69, 9.17) is 0 Å². The summed E-state index contributed by atoms with van der Waals surface area (Å²) in [5.41, 5.74) is 1.41. The molecule has 2 N–H and O–H groups in total. The minimum absolute atomic E-state index is 0. The third-order valence-electron chi connectivity index (χ3n) is 3.74. The van der Waals surface area contributed by atoms with Crippen molar-refractivity contribution >= 4 is 39.9 Å². The van der Waals surface area contributed by atoms with Crippen LogP contribution in [-0.2, 0) is 24.3 Å². The van der Waals surface area contributed by atoms with Crippen LogP contribution in [0.25, 0.3) is 0 Å². The van der Waals surface area contributed by atoms with Gasteiger partial charge >= 0.3 is 0 Å². The van der Waals surface area contributed by atoms with E-state index in [1.165, 1.54) is 16.8 Å². The number of amides is 1. The number of aromatic nitrogens is 1. The van der Waals surface area contributed by atoms with Crippen LogP contribution in [0.2, 0.25) is 0 Å². The van der Waals surface area contributed by atoms with Crippen molar-refractivity contribution in [2.75, 3.05) is 11.9 Å². The molecule has 24 heavy (non-hydrogen) atoms. The first kappa shape index (κ1) is 18.6. The summed E-state index contributed by atoms with van der Waals surface area (Å²) < 4.78 is 16.4. The molecule has 5 nitrogen and oxygen atoms in total. The fraction of sp³-hybridized carbons (Fsp3) is 0.250. The zero-order valence-electron chi connectivity index (χ0n) is 12.6. The Hall–Kier alpha value is -1.70. The van der Waals surface area contributed by atoms with Gasteiger partial charge in [-0.2, -0.15) is 0 Å². The van der Waals surface area contributed by atoms with Gasteiger partial charge in [-0.15, -0.1) is 12.4 Å². The Morgan fingerprint density at radius 3 is 2.92 bits per heavy atom. The van der Waals surface area contributed by atoms with E-state index in [2.05, 4.69) is 26.6 Å². The van der Waals surface area contributed by atoms with Crippen molar-refractivity contribution in [1.29, 1.82) is 0 Å². The molecule has 1 aliphatic heterocycles. The van der Waals surface area contributed by atoms with Crippen LogP contribution in [0.3, 0.4) is 0 Å². The van der Waals surface area contributed by atoms with Crippen molar-refractivity contribution in [3.8, 4) is 0 Å². The fourth-order valence-electron chi connectivity index (χ4n) is 2.60. The number of rotatable bonds is 3. The van der Waals surface area contributed by atoms with Crippen LogP contribution in [0, 0.1) is 5.82 Å². The molecule has 0 spiro atoms. The lowest BCUT2D eigenvalue weighted by Crippen LogP contribution is -2.28. The minimum atomic E-state index is -0.446. The lowest BCUT2D eigenvalue weighted by molar-refractivity contribution is -0.116. The summed E-state index contributed by atoms with van der Waals surface area (Å²) in [5.74, 6) is -0.836. The Bertz CT molecular complexity index is 825. The van der Waals surface area contributed by atoms with E-state index >= 15 is 0 Å². The molecular weight excluding hydrogens is 401 g/mol. The average molecular weight is 417 g/mol. The minimum Gasteiger partial charge on any atom is -0.322 e. The quantitative estimate of drug-likeness (QED) is 0.808. The number of nitrogens with zero attached hydrogens (tertiary/aromatic N) is 1. The maximum Gasteiger partial charge on any atom is 0.251 e. The van der Waals surface area contributed by atoms with E-state index in [1.807, 2.05) is 6.07 Å². The summed E-state index contributed by atoms with van der Waals surface area (Å²) in [6, 6.07) is 6.34. The zero-order chi connectivity index (χ0) is 16.4. The van der Waals surface area contributed by atoms with E-state index in [0.29, 0.717) is 23.0 Å². The number of anilines is 1. The van der Waals surface area contributed by atoms with Gasteiger partial charge in [0.1, 0.15) is 12.4 Å². The van der Waals surface area contributed by atoms with Gasteiger partial charge < -0.3 is 15.2 Å². The van der Waals surface area contributed by atoms with Crippen molar-refractivity contribution in [2.24, 2.45) is 0 Å². The molecule has 0 bridgehead atoms. The van der Waals surface area contributed by atoms with Gasteiger partial charge in [0, 0.05) is 23.3 Å². The Morgan fingerprint density at radius 2 is 2.12 bits per heavy atom. The molecule has 0 saturated carbocycles. The van der Waals surface area contributed by atoms with E-state index in [-0.39, 0.29) is 36.0 Å². The topological polar surface area (TPSA) is 63.1 Å². The molecule has 2 aromatic rings. The Labute approximate surface area is 152 Å². The lowest BCUT2D eigenvalue weighted by Gasteiger charge is -2.19. The predicted molar refractivity (Wildman–Crippen MR) is 96.1 cm³/mol. The number of pyridine rings is 1. The highest BCUT2D eigenvalue weighted by Gasteiger charge is 2.17. The van der Waals surface area contributed by atoms with Crippen LogP contribution in [0.1, 0.15) is 11.1 Å². The van der Waals surface area contributed by atoms with Gasteiger partial charge in [0.15, 0.2) is 0 Å². The van der Waals surface area contributed by atoms with Crippen LogP contribution >= 0.6 is 28.3 Å². The molecule has 0 fully saturated rings. The Balaban J connectivity index is 0.00000208. The first-order valence-corrected chi connectivity index (χ1v) is 8.01. The van der Waals surface area contributed by atoms with E-state index < -0.39 is 5.91 Å². The highest BCUT2D eigenvalue weighted by molar-refractivity contribution is 9.10. The third kappa shape index (κ3) is 4.03. The molecule has 1 amide bonds. The second-order valence-corrected chi connectivity index (χ2v) is 6.27. The van der Waals surface area contributed by atoms with Crippen molar-refractivity contribution in [2.45, 2.75) is 19.5 Å². The van der Waals surface area contributed by atoms with Gasteiger partial charge in [-0.25, -0.2) is 4.39 Å². The maximum atomic E-state index is 14.5.